The second-order valence-corrected chi connectivity index (χ2v) is 7.12. The fourth-order valence-electron chi connectivity index (χ4n) is 2.86. The molecule has 0 aliphatic carbocycles. The molecule has 0 unspecified atom stereocenters. The fraction of sp³-hybridized carbons (Fsp3) is 0.150. The quantitative estimate of drug-likeness (QED) is 0.666. The SMILES string of the molecule is C[C@H](C(N)=O)n1ccc2c(C(=O)NCc3ccc(Cl)c(Cl)c3)cccc2c1=O. The summed E-state index contributed by atoms with van der Waals surface area (Å²) in [7, 11) is 0. The monoisotopic (exact) mass is 417 g/mol. The van der Waals surface area contributed by atoms with Gasteiger partial charge in [0.1, 0.15) is 6.04 Å². The fourth-order valence-corrected chi connectivity index (χ4v) is 3.18. The molecule has 1 aromatic heterocycles. The molecule has 144 valence electrons. The van der Waals surface area contributed by atoms with Crippen molar-refractivity contribution in [3.05, 3.63) is 80.2 Å². The van der Waals surface area contributed by atoms with Crippen LogP contribution in [-0.2, 0) is 11.3 Å². The second-order valence-electron chi connectivity index (χ2n) is 6.30. The molecule has 1 heterocycles. The van der Waals surface area contributed by atoms with E-state index in [4.69, 9.17) is 28.9 Å². The number of pyridine rings is 1. The number of carbonyl (C=O) groups excluding carboxylic acids is 2. The molecular formula is C20H17Cl2N3O3. The van der Waals surface area contributed by atoms with E-state index in [1.807, 2.05) is 0 Å². The number of amides is 2. The summed E-state index contributed by atoms with van der Waals surface area (Å²) in [5.41, 5.74) is 6.05. The number of rotatable bonds is 5. The van der Waals surface area contributed by atoms with Crippen molar-refractivity contribution in [3.8, 4) is 0 Å². The maximum absolute atomic E-state index is 12.7. The number of hydrogen-bond donors (Lipinski definition) is 2. The van der Waals surface area contributed by atoms with Crippen molar-refractivity contribution in [2.45, 2.75) is 19.5 Å². The van der Waals surface area contributed by atoms with Crippen LogP contribution in [0.2, 0.25) is 10.0 Å². The predicted octanol–water partition coefficient (Wildman–Crippen LogP) is 3.28. The lowest BCUT2D eigenvalue weighted by Gasteiger charge is -2.14. The van der Waals surface area contributed by atoms with Crippen LogP contribution in [0.5, 0.6) is 0 Å². The number of hydrogen-bond acceptors (Lipinski definition) is 3. The molecule has 6 nitrogen and oxygen atoms in total. The minimum absolute atomic E-state index is 0.252. The van der Waals surface area contributed by atoms with Gasteiger partial charge < -0.3 is 15.6 Å². The Labute approximate surface area is 170 Å². The normalized spacial score (nSPS) is 12.0. The van der Waals surface area contributed by atoms with Gasteiger partial charge in [-0.2, -0.15) is 0 Å². The Hall–Kier alpha value is -2.83. The number of nitrogens with one attached hydrogen (secondary N) is 1. The molecule has 3 aromatic rings. The van der Waals surface area contributed by atoms with Gasteiger partial charge in [-0.15, -0.1) is 0 Å². The van der Waals surface area contributed by atoms with Crippen molar-refractivity contribution >= 4 is 45.8 Å². The van der Waals surface area contributed by atoms with Gasteiger partial charge in [0.2, 0.25) is 5.91 Å². The molecule has 3 N–H and O–H groups in total. The molecule has 2 amide bonds. The first kappa shape index (κ1) is 19.9. The topological polar surface area (TPSA) is 94.2 Å². The largest absolute Gasteiger partial charge is 0.368 e. The summed E-state index contributed by atoms with van der Waals surface area (Å²) in [6, 6.07) is 10.8. The second kappa shape index (κ2) is 8.04. The van der Waals surface area contributed by atoms with Gasteiger partial charge in [-0.25, -0.2) is 0 Å². The van der Waals surface area contributed by atoms with Crippen LogP contribution >= 0.6 is 23.2 Å². The summed E-state index contributed by atoms with van der Waals surface area (Å²) >= 11 is 11.9. The van der Waals surface area contributed by atoms with Gasteiger partial charge in [0.15, 0.2) is 0 Å². The summed E-state index contributed by atoms with van der Waals surface area (Å²) in [6.07, 6.45) is 1.47. The van der Waals surface area contributed by atoms with Gasteiger partial charge in [-0.1, -0.05) is 35.3 Å². The van der Waals surface area contributed by atoms with Crippen molar-refractivity contribution in [2.24, 2.45) is 5.73 Å². The first-order chi connectivity index (χ1) is 13.3. The summed E-state index contributed by atoms with van der Waals surface area (Å²) in [5, 5.41) is 4.47. The summed E-state index contributed by atoms with van der Waals surface area (Å²) in [5.74, 6) is -0.950. The molecule has 0 aliphatic heterocycles. The average molecular weight is 418 g/mol. The first-order valence-electron chi connectivity index (χ1n) is 8.45. The zero-order valence-corrected chi connectivity index (χ0v) is 16.4. The Bertz CT molecular complexity index is 1140. The number of aromatic nitrogens is 1. The standard InChI is InChI=1S/C20H17Cl2N3O3/c1-11(18(23)26)25-8-7-13-14(3-2-4-15(13)20(25)28)19(27)24-10-12-5-6-16(21)17(22)9-12/h2-9,11H,10H2,1H3,(H2,23,26)(H,24,27)/t11-/m1/s1. The number of primary amides is 1. The first-order valence-corrected chi connectivity index (χ1v) is 9.20. The Balaban J connectivity index is 1.91. The van der Waals surface area contributed by atoms with Gasteiger partial charge >= 0.3 is 0 Å². The Morgan fingerprint density at radius 2 is 1.86 bits per heavy atom. The van der Waals surface area contributed by atoms with E-state index in [1.165, 1.54) is 10.8 Å². The number of carbonyl (C=O) groups is 2. The van der Waals surface area contributed by atoms with Gasteiger partial charge in [0, 0.05) is 29.1 Å². The zero-order chi connectivity index (χ0) is 20.4. The molecule has 0 fully saturated rings. The molecule has 8 heteroatoms. The average Bonchev–Trinajstić information content (AvgIpc) is 2.68. The summed E-state index contributed by atoms with van der Waals surface area (Å²) in [6.45, 7) is 1.80. The third-order valence-electron chi connectivity index (χ3n) is 4.48. The summed E-state index contributed by atoms with van der Waals surface area (Å²) in [4.78, 5) is 36.8. The van der Waals surface area contributed by atoms with Crippen molar-refractivity contribution in [1.29, 1.82) is 0 Å². The molecule has 0 saturated carbocycles. The van der Waals surface area contributed by atoms with E-state index in [-0.39, 0.29) is 18.0 Å². The van der Waals surface area contributed by atoms with E-state index >= 15 is 0 Å². The Kier molecular flexibility index (Phi) is 5.72. The van der Waals surface area contributed by atoms with Crippen LogP contribution < -0.4 is 16.6 Å². The Morgan fingerprint density at radius 1 is 1.11 bits per heavy atom. The molecule has 0 spiro atoms. The molecule has 2 aromatic carbocycles. The van der Waals surface area contributed by atoms with Crippen LogP contribution in [0.15, 0.2) is 53.5 Å². The van der Waals surface area contributed by atoms with Crippen molar-refractivity contribution in [1.82, 2.24) is 9.88 Å². The van der Waals surface area contributed by atoms with Crippen molar-refractivity contribution < 1.29 is 9.59 Å². The highest BCUT2D eigenvalue weighted by atomic mass is 35.5. The van der Waals surface area contributed by atoms with Crippen LogP contribution in [0.1, 0.15) is 28.9 Å². The number of nitrogens with two attached hydrogens (primary N) is 1. The lowest BCUT2D eigenvalue weighted by Crippen LogP contribution is -2.32. The highest BCUT2D eigenvalue weighted by molar-refractivity contribution is 6.42. The molecular weight excluding hydrogens is 401 g/mol. The third kappa shape index (κ3) is 3.88. The van der Waals surface area contributed by atoms with E-state index in [9.17, 15) is 14.4 Å². The van der Waals surface area contributed by atoms with Gasteiger partial charge in [0.25, 0.3) is 11.5 Å². The van der Waals surface area contributed by atoms with E-state index in [2.05, 4.69) is 5.32 Å². The number of halogens is 2. The highest BCUT2D eigenvalue weighted by Gasteiger charge is 2.17. The van der Waals surface area contributed by atoms with Crippen LogP contribution in [0.3, 0.4) is 0 Å². The molecule has 1 atom stereocenters. The lowest BCUT2D eigenvalue weighted by molar-refractivity contribution is -0.120. The van der Waals surface area contributed by atoms with Gasteiger partial charge in [-0.05, 0) is 42.8 Å². The lowest BCUT2D eigenvalue weighted by atomic mass is 10.0. The Morgan fingerprint density at radius 3 is 2.54 bits per heavy atom. The van der Waals surface area contributed by atoms with Crippen molar-refractivity contribution in [2.75, 3.05) is 0 Å². The summed E-state index contributed by atoms with van der Waals surface area (Å²) < 4.78 is 1.25. The number of nitrogens with zero attached hydrogens (tertiary/aromatic N) is 1. The molecule has 0 saturated heterocycles. The van der Waals surface area contributed by atoms with E-state index in [0.29, 0.717) is 26.4 Å². The van der Waals surface area contributed by atoms with E-state index in [1.54, 1.807) is 49.4 Å². The molecule has 0 radical (unpaired) electrons. The van der Waals surface area contributed by atoms with Gasteiger partial charge in [0.05, 0.1) is 10.0 Å². The van der Waals surface area contributed by atoms with Crippen LogP contribution in [-0.4, -0.2) is 16.4 Å². The van der Waals surface area contributed by atoms with Gasteiger partial charge in [-0.3, -0.25) is 14.4 Å². The van der Waals surface area contributed by atoms with Crippen LogP contribution in [0.4, 0.5) is 0 Å². The number of benzene rings is 2. The maximum Gasteiger partial charge on any atom is 0.259 e. The molecule has 28 heavy (non-hydrogen) atoms. The smallest absolute Gasteiger partial charge is 0.259 e. The highest BCUT2D eigenvalue weighted by Crippen LogP contribution is 2.23. The maximum atomic E-state index is 12.7. The number of fused-ring (bicyclic) bond motifs is 1. The minimum Gasteiger partial charge on any atom is -0.368 e. The molecule has 3 rings (SSSR count). The third-order valence-corrected chi connectivity index (χ3v) is 5.22. The molecule has 0 bridgehead atoms. The zero-order valence-electron chi connectivity index (χ0n) is 14.9. The van der Waals surface area contributed by atoms with Crippen LogP contribution in [0, 0.1) is 0 Å². The van der Waals surface area contributed by atoms with Crippen molar-refractivity contribution in [3.63, 3.8) is 0 Å². The predicted molar refractivity (Wildman–Crippen MR) is 110 cm³/mol. The van der Waals surface area contributed by atoms with E-state index in [0.717, 1.165) is 5.56 Å². The van der Waals surface area contributed by atoms with Crippen LogP contribution in [0.25, 0.3) is 10.8 Å². The minimum atomic E-state index is -0.788. The van der Waals surface area contributed by atoms with E-state index < -0.39 is 11.9 Å². The molecule has 0 aliphatic rings.